The van der Waals surface area contributed by atoms with Crippen LogP contribution >= 0.6 is 0 Å². The van der Waals surface area contributed by atoms with Gasteiger partial charge < -0.3 is 15.0 Å². The van der Waals surface area contributed by atoms with E-state index in [-0.39, 0.29) is 30.2 Å². The predicted octanol–water partition coefficient (Wildman–Crippen LogP) is 3.53. The van der Waals surface area contributed by atoms with Gasteiger partial charge in [-0.1, -0.05) is 30.3 Å². The monoisotopic (exact) mass is 408 g/mol. The van der Waals surface area contributed by atoms with Gasteiger partial charge in [-0.15, -0.1) is 0 Å². The van der Waals surface area contributed by atoms with Gasteiger partial charge in [0.2, 0.25) is 5.91 Å². The van der Waals surface area contributed by atoms with Gasteiger partial charge in [-0.05, 0) is 56.9 Å². The van der Waals surface area contributed by atoms with Crippen molar-refractivity contribution in [1.29, 1.82) is 0 Å². The van der Waals surface area contributed by atoms with Crippen LogP contribution in [0.1, 0.15) is 49.0 Å². The molecule has 2 aromatic carbocycles. The Morgan fingerprint density at radius 3 is 2.67 bits per heavy atom. The lowest BCUT2D eigenvalue weighted by Crippen LogP contribution is -2.40. The van der Waals surface area contributed by atoms with Crippen LogP contribution in [-0.4, -0.2) is 36.8 Å². The van der Waals surface area contributed by atoms with Crippen molar-refractivity contribution < 1.29 is 19.1 Å². The van der Waals surface area contributed by atoms with Gasteiger partial charge in [0, 0.05) is 24.6 Å². The molecule has 158 valence electrons. The van der Waals surface area contributed by atoms with Crippen molar-refractivity contribution in [3.8, 4) is 5.75 Å². The third-order valence-electron chi connectivity index (χ3n) is 5.21. The van der Waals surface area contributed by atoms with Crippen LogP contribution < -0.4 is 15.0 Å². The summed E-state index contributed by atoms with van der Waals surface area (Å²) in [5, 5.41) is 3.03. The van der Waals surface area contributed by atoms with Crippen molar-refractivity contribution in [2.24, 2.45) is 0 Å². The minimum atomic E-state index is -0.167. The molecule has 6 heteroatoms. The van der Waals surface area contributed by atoms with E-state index in [0.717, 1.165) is 12.8 Å². The van der Waals surface area contributed by atoms with Crippen LogP contribution in [0.5, 0.6) is 5.75 Å². The Bertz CT molecular complexity index is 911. The molecule has 0 aromatic heterocycles. The van der Waals surface area contributed by atoms with E-state index in [9.17, 15) is 14.4 Å². The lowest BCUT2D eigenvalue weighted by molar-refractivity contribution is -0.123. The molecule has 2 amide bonds. The van der Waals surface area contributed by atoms with Gasteiger partial charge in [0.05, 0.1) is 5.69 Å². The number of aryl methyl sites for hydroxylation is 1. The number of benzene rings is 2. The van der Waals surface area contributed by atoms with Crippen LogP contribution in [0.2, 0.25) is 0 Å². The van der Waals surface area contributed by atoms with Gasteiger partial charge in [0.25, 0.3) is 5.91 Å². The molecular formula is C24H28N2O4. The maximum atomic E-state index is 12.3. The molecule has 1 unspecified atom stereocenters. The molecule has 0 spiro atoms. The Hall–Kier alpha value is -3.15. The van der Waals surface area contributed by atoms with E-state index in [2.05, 4.69) is 17.4 Å². The normalized spacial score (nSPS) is 13.9. The molecule has 0 fully saturated rings. The van der Waals surface area contributed by atoms with Crippen molar-refractivity contribution in [3.63, 3.8) is 0 Å². The number of ether oxygens (including phenoxy) is 1. The summed E-state index contributed by atoms with van der Waals surface area (Å²) in [6.45, 7) is 3.87. The second-order valence-corrected chi connectivity index (χ2v) is 7.67. The molecule has 1 aliphatic heterocycles. The van der Waals surface area contributed by atoms with Gasteiger partial charge in [-0.2, -0.15) is 0 Å². The Balaban J connectivity index is 1.48. The lowest BCUT2D eigenvalue weighted by atomic mass is 10.1. The summed E-state index contributed by atoms with van der Waals surface area (Å²) < 4.78 is 5.46. The number of carbonyl (C=O) groups excluding carboxylic acids is 3. The number of anilines is 1. The molecule has 0 radical (unpaired) electrons. The van der Waals surface area contributed by atoms with Crippen LogP contribution in [0.3, 0.4) is 0 Å². The fourth-order valence-corrected chi connectivity index (χ4v) is 3.51. The summed E-state index contributed by atoms with van der Waals surface area (Å²) in [7, 11) is 0. The van der Waals surface area contributed by atoms with Crippen LogP contribution in [0.15, 0.2) is 48.5 Å². The maximum absolute atomic E-state index is 12.3. The molecule has 0 saturated heterocycles. The molecule has 0 saturated carbocycles. The van der Waals surface area contributed by atoms with E-state index in [1.54, 1.807) is 23.1 Å². The first kappa shape index (κ1) is 21.6. The molecule has 30 heavy (non-hydrogen) atoms. The Morgan fingerprint density at radius 2 is 1.93 bits per heavy atom. The van der Waals surface area contributed by atoms with E-state index in [0.29, 0.717) is 36.4 Å². The van der Waals surface area contributed by atoms with Gasteiger partial charge in [0.1, 0.15) is 5.75 Å². The summed E-state index contributed by atoms with van der Waals surface area (Å²) in [5.74, 6) is 0.326. The highest BCUT2D eigenvalue weighted by Gasteiger charge is 2.26. The van der Waals surface area contributed by atoms with Crippen molar-refractivity contribution >= 4 is 23.3 Å². The molecule has 2 aromatic rings. The molecule has 1 atom stereocenters. The summed E-state index contributed by atoms with van der Waals surface area (Å²) in [4.78, 5) is 37.9. The third kappa shape index (κ3) is 5.69. The first-order valence-corrected chi connectivity index (χ1v) is 10.4. The summed E-state index contributed by atoms with van der Waals surface area (Å²) in [5.41, 5.74) is 2.38. The van der Waals surface area contributed by atoms with Gasteiger partial charge >= 0.3 is 0 Å². The SMILES string of the molecule is CC(=O)c1ccc2c(c1)N(CCCC(=O)NC(C)CCc1ccccc1)C(=O)CO2. The molecule has 1 aliphatic rings. The zero-order valence-electron chi connectivity index (χ0n) is 17.5. The van der Waals surface area contributed by atoms with Crippen molar-refractivity contribution in [1.82, 2.24) is 5.32 Å². The third-order valence-corrected chi connectivity index (χ3v) is 5.21. The fraction of sp³-hybridized carbons (Fsp3) is 0.375. The van der Waals surface area contributed by atoms with Gasteiger partial charge in [0.15, 0.2) is 12.4 Å². The average Bonchev–Trinajstić information content (AvgIpc) is 2.74. The van der Waals surface area contributed by atoms with Crippen molar-refractivity contribution in [2.75, 3.05) is 18.1 Å². The largest absolute Gasteiger partial charge is 0.482 e. The minimum absolute atomic E-state index is 0.0195. The Morgan fingerprint density at radius 1 is 1.17 bits per heavy atom. The number of rotatable bonds is 9. The van der Waals surface area contributed by atoms with E-state index < -0.39 is 0 Å². The second kappa shape index (κ2) is 10.1. The molecular weight excluding hydrogens is 380 g/mol. The second-order valence-electron chi connectivity index (χ2n) is 7.67. The number of fused-ring (bicyclic) bond motifs is 1. The van der Waals surface area contributed by atoms with Crippen molar-refractivity contribution in [2.45, 2.75) is 45.6 Å². The minimum Gasteiger partial charge on any atom is -0.482 e. The van der Waals surface area contributed by atoms with Gasteiger partial charge in [-0.3, -0.25) is 14.4 Å². The van der Waals surface area contributed by atoms with Crippen LogP contribution in [0.4, 0.5) is 5.69 Å². The fourth-order valence-electron chi connectivity index (χ4n) is 3.51. The highest BCUT2D eigenvalue weighted by atomic mass is 16.5. The smallest absolute Gasteiger partial charge is 0.265 e. The number of ketones is 1. The number of hydrogen-bond acceptors (Lipinski definition) is 4. The quantitative estimate of drug-likeness (QED) is 0.644. The first-order valence-electron chi connectivity index (χ1n) is 10.4. The predicted molar refractivity (Wildman–Crippen MR) is 116 cm³/mol. The number of nitrogens with zero attached hydrogens (tertiary/aromatic N) is 1. The number of carbonyl (C=O) groups is 3. The topological polar surface area (TPSA) is 75.7 Å². The standard InChI is InChI=1S/C24H28N2O4/c1-17(10-11-19-7-4-3-5-8-19)25-23(28)9-6-14-26-21-15-20(18(2)27)12-13-22(21)30-16-24(26)29/h3-5,7-8,12-13,15,17H,6,9-11,14,16H2,1-2H3,(H,25,28). The summed E-state index contributed by atoms with van der Waals surface area (Å²) in [6.07, 6.45) is 2.66. The average molecular weight is 408 g/mol. The summed E-state index contributed by atoms with van der Waals surface area (Å²) >= 11 is 0. The zero-order chi connectivity index (χ0) is 21.5. The molecule has 3 rings (SSSR count). The van der Waals surface area contributed by atoms with Crippen LogP contribution in [0.25, 0.3) is 0 Å². The molecule has 0 aliphatic carbocycles. The molecule has 1 N–H and O–H groups in total. The first-order chi connectivity index (χ1) is 14.4. The number of amides is 2. The van der Waals surface area contributed by atoms with Gasteiger partial charge in [-0.25, -0.2) is 0 Å². The Labute approximate surface area is 177 Å². The lowest BCUT2D eigenvalue weighted by Gasteiger charge is -2.29. The van der Waals surface area contributed by atoms with E-state index in [1.807, 2.05) is 25.1 Å². The van der Waals surface area contributed by atoms with Crippen LogP contribution in [-0.2, 0) is 16.0 Å². The molecule has 1 heterocycles. The highest BCUT2D eigenvalue weighted by molar-refractivity contribution is 6.01. The molecule has 6 nitrogen and oxygen atoms in total. The van der Waals surface area contributed by atoms with E-state index >= 15 is 0 Å². The molecule has 0 bridgehead atoms. The highest BCUT2D eigenvalue weighted by Crippen LogP contribution is 2.33. The van der Waals surface area contributed by atoms with Crippen LogP contribution in [0, 0.1) is 0 Å². The maximum Gasteiger partial charge on any atom is 0.265 e. The number of hydrogen-bond donors (Lipinski definition) is 1. The number of nitrogens with one attached hydrogen (secondary N) is 1. The van der Waals surface area contributed by atoms with E-state index in [1.165, 1.54) is 12.5 Å². The number of Topliss-reactive ketones (excluding diaryl/α,β-unsaturated/α-hetero) is 1. The summed E-state index contributed by atoms with van der Waals surface area (Å²) in [6, 6.07) is 15.4. The van der Waals surface area contributed by atoms with Crippen molar-refractivity contribution in [3.05, 3.63) is 59.7 Å². The Kier molecular flexibility index (Phi) is 7.22. The van der Waals surface area contributed by atoms with E-state index in [4.69, 9.17) is 4.74 Å². The zero-order valence-corrected chi connectivity index (χ0v) is 17.5.